The van der Waals surface area contributed by atoms with Crippen molar-refractivity contribution in [2.24, 2.45) is 0 Å². The van der Waals surface area contributed by atoms with Gasteiger partial charge >= 0.3 is 7.12 Å². The van der Waals surface area contributed by atoms with Gasteiger partial charge in [-0.25, -0.2) is 0 Å². The number of aromatic nitrogens is 4. The van der Waals surface area contributed by atoms with Crippen molar-refractivity contribution >= 4 is 108 Å². The molecule has 1 saturated heterocycles. The van der Waals surface area contributed by atoms with Crippen LogP contribution in [-0.2, 0) is 9.31 Å². The lowest BCUT2D eigenvalue weighted by Gasteiger charge is -2.32. The third kappa shape index (κ3) is 21.7. The second-order valence-electron chi connectivity index (χ2n) is 33.7. The highest BCUT2D eigenvalue weighted by Crippen LogP contribution is 2.47. The largest absolute Gasteiger partial charge is 0.494 e. The van der Waals surface area contributed by atoms with E-state index < -0.39 is 0 Å². The van der Waals surface area contributed by atoms with Crippen LogP contribution in [0.15, 0.2) is 494 Å². The Kier molecular flexibility index (Phi) is 29.2. The molecule has 4 aromatic heterocycles. The Balaban J connectivity index is 0.000000126. The summed E-state index contributed by atoms with van der Waals surface area (Å²) in [6, 6.07) is 155. The zero-order valence-electron chi connectivity index (χ0n) is 74.4. The highest BCUT2D eigenvalue weighted by Gasteiger charge is 2.51. The van der Waals surface area contributed by atoms with Crippen LogP contribution in [-0.4, -0.2) is 38.3 Å². The van der Waals surface area contributed by atoms with E-state index in [1.807, 2.05) is 122 Å². The van der Waals surface area contributed by atoms with Crippen molar-refractivity contribution < 1.29 is 9.31 Å². The molecule has 0 saturated carbocycles. The maximum absolute atomic E-state index is 6.06. The Morgan fingerprint density at radius 3 is 0.511 bits per heavy atom. The summed E-state index contributed by atoms with van der Waals surface area (Å²) in [5.74, 6) is 0. The lowest BCUT2D eigenvalue weighted by molar-refractivity contribution is 0.00578. The molecular weight excluding hydrogens is 2040 g/mol. The number of halogens is 6. The summed E-state index contributed by atoms with van der Waals surface area (Å²) in [6.07, 6.45) is 7.31. The number of pyridine rings is 4. The van der Waals surface area contributed by atoms with E-state index in [1.165, 1.54) is 100 Å². The van der Waals surface area contributed by atoms with Gasteiger partial charge < -0.3 is 9.31 Å². The first kappa shape index (κ1) is 92.4. The van der Waals surface area contributed by atoms with E-state index in [-0.39, 0.29) is 18.3 Å². The Labute approximate surface area is 841 Å². The first-order valence-electron chi connectivity index (χ1n) is 44.6. The van der Waals surface area contributed by atoms with E-state index in [1.54, 1.807) is 6.20 Å². The molecule has 5 heterocycles. The second-order valence-corrected chi connectivity index (χ2v) is 38.8. The molecule has 0 N–H and O–H groups in total. The molecule has 0 bridgehead atoms. The van der Waals surface area contributed by atoms with E-state index in [4.69, 9.17) is 9.31 Å². The minimum atomic E-state index is -0.312. The van der Waals surface area contributed by atoms with Crippen molar-refractivity contribution in [2.75, 3.05) is 0 Å². The van der Waals surface area contributed by atoms with Gasteiger partial charge in [0.1, 0.15) is 0 Å². The van der Waals surface area contributed by atoms with Crippen molar-refractivity contribution in [1.82, 2.24) is 19.9 Å². The molecule has 20 aromatic rings. The molecule has 16 aromatic carbocycles. The van der Waals surface area contributed by atoms with E-state index in [2.05, 4.69) is 483 Å². The van der Waals surface area contributed by atoms with Crippen LogP contribution >= 0.6 is 95.6 Å². The zero-order valence-corrected chi connectivity index (χ0v) is 83.9. The molecule has 0 amide bonds. The van der Waals surface area contributed by atoms with Crippen molar-refractivity contribution in [1.29, 1.82) is 0 Å². The summed E-state index contributed by atoms with van der Waals surface area (Å²) in [6.45, 7) is 8.26. The van der Waals surface area contributed by atoms with E-state index >= 15 is 0 Å². The molecule has 1 fully saturated rings. The van der Waals surface area contributed by atoms with Crippen molar-refractivity contribution in [2.45, 2.75) is 38.9 Å². The van der Waals surface area contributed by atoms with Crippen LogP contribution in [0.5, 0.6) is 0 Å². The smallest absolute Gasteiger partial charge is 0.399 e. The third-order valence-electron chi connectivity index (χ3n) is 24.5. The predicted octanol–water partition coefficient (Wildman–Crippen LogP) is 35.9. The summed E-state index contributed by atoms with van der Waals surface area (Å²) in [5, 5.41) is 0. The lowest BCUT2D eigenvalue weighted by Crippen LogP contribution is -2.41. The fraction of sp³-hybridized carbons (Fsp3) is 0.0492. The SMILES string of the molecule is Brc1ccccc1-c1cc(-c2ccccc2-c2ccc(-c3ccccn3)cc2)cc(-c2ccccc2-c2ccc(-c3ccccn3)cc2)c1.Brc1ccccc1-c1cc(-c2ccccc2Br)cc(-c2ccccc2-c2ccc(-c3ccccn3)cc2)c1.Brc1ccccc1-c1cc(-c2ccccc2Br)cc(-c2ccccc2Br)c1.CC1(C)OB(c2ccc(-c3ccccn3)cc2)OC1(C)C. The number of rotatable bonds is 17. The minimum absolute atomic E-state index is 0.308. The molecule has 0 aliphatic carbocycles. The van der Waals surface area contributed by atoms with Crippen molar-refractivity contribution in [3.63, 3.8) is 0 Å². The van der Waals surface area contributed by atoms with Crippen LogP contribution in [0.4, 0.5) is 0 Å². The van der Waals surface area contributed by atoms with Crippen LogP contribution in [0.2, 0.25) is 0 Å². The van der Waals surface area contributed by atoms with Gasteiger partial charge in [0, 0.05) is 73.9 Å². The standard InChI is InChI=1S/C46H31BrN2.C35H23Br2N.C24H15Br3.C17H20BNO2/c47-44-16-6-5-15-43(44)38-30-36(41-13-3-1-11-39(41)32-19-23-34(24-20-32)45-17-7-9-27-48-45)29-37(31-38)42-14-4-2-12-40(42)33-21-25-35(26-22-33)46-18-8-10-28-49-46;36-33-13-5-3-11-31(33)27-21-26(22-28(23-27)32-12-4-6-14-34(32)37)30-10-2-1-9-29(30)24-16-18-25(19-17-24)35-15-7-8-20-38-35;25-22-10-4-1-7-19(22)16-13-17(20-8-2-5-11-23(20)26)15-18(14-16)21-9-3-6-12-24(21)27;1-16(2)17(3,4)21-18(20-16)14-10-8-13(9-11-14)15-7-5-6-12-19-15/h1-31H;1-23H;1-15H;5-12H,1-4H3. The molecule has 654 valence electrons. The molecule has 1 aliphatic heterocycles. The Morgan fingerprint density at radius 1 is 0.170 bits per heavy atom. The van der Waals surface area contributed by atoms with Crippen LogP contribution < -0.4 is 5.46 Å². The second kappa shape index (κ2) is 42.7. The molecular formula is C122H89BBr6N4O2. The Morgan fingerprint density at radius 2 is 0.326 bits per heavy atom. The van der Waals surface area contributed by atoms with Gasteiger partial charge in [-0.15, -0.1) is 0 Å². The van der Waals surface area contributed by atoms with Gasteiger partial charge in [-0.3, -0.25) is 19.9 Å². The molecule has 0 radical (unpaired) electrons. The van der Waals surface area contributed by atoms with E-state index in [9.17, 15) is 0 Å². The van der Waals surface area contributed by atoms with Gasteiger partial charge in [0.2, 0.25) is 0 Å². The average molecular weight is 2130 g/mol. The topological polar surface area (TPSA) is 70.0 Å². The van der Waals surface area contributed by atoms with Gasteiger partial charge in [0.05, 0.1) is 34.0 Å². The summed E-state index contributed by atoms with van der Waals surface area (Å²) in [5.41, 5.74) is 36.9. The molecule has 135 heavy (non-hydrogen) atoms. The molecule has 6 nitrogen and oxygen atoms in total. The molecule has 1 aliphatic rings. The van der Waals surface area contributed by atoms with Crippen molar-refractivity contribution in [3.05, 3.63) is 494 Å². The average Bonchev–Trinajstić information content (AvgIpc) is 1.02. The molecule has 13 heteroatoms. The number of nitrogens with zero attached hydrogens (tertiary/aromatic N) is 4. The monoisotopic (exact) mass is 2130 g/mol. The Bertz CT molecular complexity index is 7160. The fourth-order valence-corrected chi connectivity index (χ4v) is 19.9. The van der Waals surface area contributed by atoms with Gasteiger partial charge in [-0.2, -0.15) is 0 Å². The van der Waals surface area contributed by atoms with E-state index in [0.29, 0.717) is 0 Å². The first-order valence-corrected chi connectivity index (χ1v) is 49.3. The maximum Gasteiger partial charge on any atom is 0.494 e. The quantitative estimate of drug-likeness (QED) is 0.0846. The molecule has 0 atom stereocenters. The summed E-state index contributed by atoms with van der Waals surface area (Å²) >= 11 is 22.5. The predicted molar refractivity (Wildman–Crippen MR) is 586 cm³/mol. The van der Waals surface area contributed by atoms with Crippen molar-refractivity contribution in [3.8, 4) is 179 Å². The highest BCUT2D eigenvalue weighted by atomic mass is 79.9. The molecule has 0 unspecified atom stereocenters. The van der Waals surface area contributed by atoms with Gasteiger partial charge in [-0.05, 0) is 306 Å². The summed E-state index contributed by atoms with van der Waals surface area (Å²) < 4.78 is 18.6. The minimum Gasteiger partial charge on any atom is -0.399 e. The van der Waals surface area contributed by atoms with Crippen LogP contribution in [0.3, 0.4) is 0 Å². The normalized spacial score (nSPS) is 12.3. The van der Waals surface area contributed by atoms with Crippen LogP contribution in [0.25, 0.3) is 179 Å². The first-order chi connectivity index (χ1) is 65.9. The zero-order chi connectivity index (χ0) is 92.8. The van der Waals surface area contributed by atoms with Gasteiger partial charge in [0.15, 0.2) is 0 Å². The summed E-state index contributed by atoms with van der Waals surface area (Å²) in [7, 11) is -0.312. The summed E-state index contributed by atoms with van der Waals surface area (Å²) in [4.78, 5) is 17.9. The van der Waals surface area contributed by atoms with Gasteiger partial charge in [-0.1, -0.05) is 399 Å². The van der Waals surface area contributed by atoms with E-state index in [0.717, 1.165) is 111 Å². The number of hydrogen-bond donors (Lipinski definition) is 0. The number of hydrogen-bond acceptors (Lipinski definition) is 6. The highest BCUT2D eigenvalue weighted by molar-refractivity contribution is 9.11. The molecule has 21 rings (SSSR count). The maximum atomic E-state index is 6.06. The van der Waals surface area contributed by atoms with Crippen LogP contribution in [0.1, 0.15) is 27.7 Å². The Hall–Kier alpha value is -13.0. The van der Waals surface area contributed by atoms with Crippen LogP contribution in [0, 0.1) is 0 Å². The number of benzene rings is 16. The molecule has 0 spiro atoms. The lowest BCUT2D eigenvalue weighted by atomic mass is 9.79. The fourth-order valence-electron chi connectivity index (χ4n) is 16.8. The third-order valence-corrected chi connectivity index (χ3v) is 28.6. The van der Waals surface area contributed by atoms with Gasteiger partial charge in [0.25, 0.3) is 0 Å².